The summed E-state index contributed by atoms with van der Waals surface area (Å²) < 4.78 is 1.83. The van der Waals surface area contributed by atoms with Crippen LogP contribution in [0.1, 0.15) is 31.2 Å². The third kappa shape index (κ3) is 3.96. The third-order valence-electron chi connectivity index (χ3n) is 2.51. The molecular formula is C11H19Cl2N3. The Hall–Kier alpha value is -0.250. The van der Waals surface area contributed by atoms with Gasteiger partial charge in [0.05, 0.1) is 16.4 Å². The molecule has 0 spiro atoms. The van der Waals surface area contributed by atoms with Crippen LogP contribution in [0.3, 0.4) is 0 Å². The summed E-state index contributed by atoms with van der Waals surface area (Å²) in [5.74, 6) is 0. The molecule has 1 heterocycles. The molecule has 1 aromatic rings. The van der Waals surface area contributed by atoms with Crippen molar-refractivity contribution < 1.29 is 0 Å². The first-order valence-corrected chi connectivity index (χ1v) is 6.36. The first-order valence-electron chi connectivity index (χ1n) is 5.55. The molecule has 0 fully saturated rings. The van der Waals surface area contributed by atoms with Crippen molar-refractivity contribution in [3.63, 3.8) is 0 Å². The fourth-order valence-electron chi connectivity index (χ4n) is 1.59. The minimum atomic E-state index is 0.254. The molecule has 1 unspecified atom stereocenters. The predicted molar refractivity (Wildman–Crippen MR) is 69.2 cm³/mol. The number of hydrogen-bond acceptors (Lipinski definition) is 2. The number of aryl methyl sites for hydroxylation is 2. The predicted octanol–water partition coefficient (Wildman–Crippen LogP) is 2.88. The molecule has 0 aromatic carbocycles. The van der Waals surface area contributed by atoms with Gasteiger partial charge in [0.1, 0.15) is 0 Å². The number of nitrogens with zero attached hydrogens (tertiary/aromatic N) is 2. The van der Waals surface area contributed by atoms with Crippen molar-refractivity contribution in [2.24, 2.45) is 7.05 Å². The summed E-state index contributed by atoms with van der Waals surface area (Å²) in [7, 11) is 1.91. The van der Waals surface area contributed by atoms with Gasteiger partial charge in [-0.15, -0.1) is 11.6 Å². The van der Waals surface area contributed by atoms with Crippen LogP contribution < -0.4 is 5.32 Å². The summed E-state index contributed by atoms with van der Waals surface area (Å²) >= 11 is 12.0. The van der Waals surface area contributed by atoms with Gasteiger partial charge in [-0.1, -0.05) is 11.6 Å². The summed E-state index contributed by atoms with van der Waals surface area (Å²) in [5, 5.41) is 8.63. The standard InChI is InChI=1S/C11H19Cl2N3/c1-8(12)5-4-6-14-7-10-11(13)9(2)15-16(10)3/h8,14H,4-7H2,1-3H3. The lowest BCUT2D eigenvalue weighted by Gasteiger charge is -2.06. The minimum Gasteiger partial charge on any atom is -0.311 e. The Balaban J connectivity index is 2.32. The topological polar surface area (TPSA) is 29.9 Å². The zero-order valence-electron chi connectivity index (χ0n) is 10.1. The van der Waals surface area contributed by atoms with Crippen molar-refractivity contribution in [3.05, 3.63) is 16.4 Å². The van der Waals surface area contributed by atoms with Gasteiger partial charge in [-0.05, 0) is 33.2 Å². The van der Waals surface area contributed by atoms with Crippen LogP contribution in [0.5, 0.6) is 0 Å². The largest absolute Gasteiger partial charge is 0.311 e. The van der Waals surface area contributed by atoms with Crippen molar-refractivity contribution in [1.82, 2.24) is 15.1 Å². The van der Waals surface area contributed by atoms with E-state index in [1.165, 1.54) is 0 Å². The van der Waals surface area contributed by atoms with Gasteiger partial charge in [0.15, 0.2) is 0 Å². The van der Waals surface area contributed by atoms with Crippen molar-refractivity contribution in [2.75, 3.05) is 6.54 Å². The van der Waals surface area contributed by atoms with Crippen molar-refractivity contribution in [1.29, 1.82) is 0 Å². The summed E-state index contributed by atoms with van der Waals surface area (Å²) in [6, 6.07) is 0. The van der Waals surface area contributed by atoms with Crippen LogP contribution in [0, 0.1) is 6.92 Å². The van der Waals surface area contributed by atoms with Crippen LogP contribution in [0.25, 0.3) is 0 Å². The maximum absolute atomic E-state index is 6.13. The zero-order chi connectivity index (χ0) is 12.1. The number of hydrogen-bond donors (Lipinski definition) is 1. The van der Waals surface area contributed by atoms with Gasteiger partial charge in [-0.25, -0.2) is 0 Å². The zero-order valence-corrected chi connectivity index (χ0v) is 11.6. The van der Waals surface area contributed by atoms with Crippen LogP contribution in [-0.4, -0.2) is 21.7 Å². The fourth-order valence-corrected chi connectivity index (χ4v) is 1.97. The molecule has 1 rings (SSSR count). The first-order chi connectivity index (χ1) is 7.52. The van der Waals surface area contributed by atoms with Gasteiger partial charge < -0.3 is 5.32 Å². The second kappa shape index (κ2) is 6.48. The second-order valence-corrected chi connectivity index (χ2v) is 5.19. The summed E-state index contributed by atoms with van der Waals surface area (Å²) in [4.78, 5) is 0. The van der Waals surface area contributed by atoms with Crippen LogP contribution >= 0.6 is 23.2 Å². The van der Waals surface area contributed by atoms with E-state index in [1.807, 2.05) is 25.6 Å². The van der Waals surface area contributed by atoms with E-state index in [2.05, 4.69) is 10.4 Å². The molecule has 0 aliphatic rings. The van der Waals surface area contributed by atoms with Crippen LogP contribution in [0.2, 0.25) is 5.02 Å². The molecule has 0 amide bonds. The van der Waals surface area contributed by atoms with Crippen molar-refractivity contribution >= 4 is 23.2 Å². The third-order valence-corrected chi connectivity index (χ3v) is 3.22. The molecule has 5 heteroatoms. The van der Waals surface area contributed by atoms with E-state index < -0.39 is 0 Å². The Morgan fingerprint density at radius 2 is 2.19 bits per heavy atom. The smallest absolute Gasteiger partial charge is 0.0860 e. The molecular weight excluding hydrogens is 245 g/mol. The fraction of sp³-hybridized carbons (Fsp3) is 0.727. The Morgan fingerprint density at radius 1 is 1.50 bits per heavy atom. The average Bonchev–Trinajstić information content (AvgIpc) is 2.43. The van der Waals surface area contributed by atoms with E-state index in [9.17, 15) is 0 Å². The molecule has 0 radical (unpaired) electrons. The van der Waals surface area contributed by atoms with Crippen molar-refractivity contribution in [3.8, 4) is 0 Å². The van der Waals surface area contributed by atoms with E-state index >= 15 is 0 Å². The Bertz CT molecular complexity index is 334. The summed E-state index contributed by atoms with van der Waals surface area (Å²) in [6.45, 7) is 5.65. The molecule has 16 heavy (non-hydrogen) atoms. The molecule has 0 saturated heterocycles. The van der Waals surface area contributed by atoms with Gasteiger partial charge in [-0.3, -0.25) is 4.68 Å². The molecule has 0 saturated carbocycles. The van der Waals surface area contributed by atoms with Gasteiger partial charge in [0, 0.05) is 19.0 Å². The quantitative estimate of drug-likeness (QED) is 0.632. The van der Waals surface area contributed by atoms with E-state index in [-0.39, 0.29) is 5.38 Å². The Morgan fingerprint density at radius 3 is 2.69 bits per heavy atom. The number of aromatic nitrogens is 2. The Labute approximate surface area is 107 Å². The van der Waals surface area contributed by atoms with Crippen LogP contribution in [-0.2, 0) is 13.6 Å². The highest BCUT2D eigenvalue weighted by molar-refractivity contribution is 6.31. The minimum absolute atomic E-state index is 0.254. The van der Waals surface area contributed by atoms with E-state index in [1.54, 1.807) is 0 Å². The molecule has 0 bridgehead atoms. The van der Waals surface area contributed by atoms with Crippen molar-refractivity contribution in [2.45, 2.75) is 38.6 Å². The van der Waals surface area contributed by atoms with Gasteiger partial charge in [0.25, 0.3) is 0 Å². The second-order valence-electron chi connectivity index (χ2n) is 4.07. The maximum atomic E-state index is 6.13. The van der Waals surface area contributed by atoms with Gasteiger partial charge in [-0.2, -0.15) is 5.10 Å². The highest BCUT2D eigenvalue weighted by atomic mass is 35.5. The molecule has 92 valence electrons. The SMILES string of the molecule is Cc1nn(C)c(CNCCCC(C)Cl)c1Cl. The van der Waals surface area contributed by atoms with Gasteiger partial charge in [0.2, 0.25) is 0 Å². The van der Waals surface area contributed by atoms with Crippen LogP contribution in [0.15, 0.2) is 0 Å². The molecule has 3 nitrogen and oxygen atoms in total. The molecule has 1 N–H and O–H groups in total. The first kappa shape index (κ1) is 13.8. The molecule has 1 aromatic heterocycles. The average molecular weight is 264 g/mol. The highest BCUT2D eigenvalue weighted by Gasteiger charge is 2.09. The summed E-state index contributed by atoms with van der Waals surface area (Å²) in [6.07, 6.45) is 2.12. The highest BCUT2D eigenvalue weighted by Crippen LogP contribution is 2.18. The number of halogens is 2. The maximum Gasteiger partial charge on any atom is 0.0860 e. The molecule has 0 aliphatic heterocycles. The lowest BCUT2D eigenvalue weighted by Crippen LogP contribution is -2.17. The van der Waals surface area contributed by atoms with E-state index in [0.29, 0.717) is 0 Å². The van der Waals surface area contributed by atoms with E-state index in [0.717, 1.165) is 42.3 Å². The number of nitrogens with one attached hydrogen (secondary N) is 1. The number of alkyl halides is 1. The normalized spacial score (nSPS) is 13.1. The number of rotatable bonds is 6. The van der Waals surface area contributed by atoms with Crippen LogP contribution in [0.4, 0.5) is 0 Å². The lowest BCUT2D eigenvalue weighted by atomic mass is 10.2. The molecule has 0 aliphatic carbocycles. The monoisotopic (exact) mass is 263 g/mol. The lowest BCUT2D eigenvalue weighted by molar-refractivity contribution is 0.590. The van der Waals surface area contributed by atoms with Gasteiger partial charge >= 0.3 is 0 Å². The summed E-state index contributed by atoms with van der Waals surface area (Å²) in [5.41, 5.74) is 1.92. The molecule has 1 atom stereocenters. The van der Waals surface area contributed by atoms with E-state index in [4.69, 9.17) is 23.2 Å². The Kier molecular flexibility index (Phi) is 5.59.